The maximum absolute atomic E-state index is 12.6. The van der Waals surface area contributed by atoms with Gasteiger partial charge in [0.15, 0.2) is 5.65 Å². The van der Waals surface area contributed by atoms with Crippen molar-refractivity contribution < 1.29 is 9.32 Å². The molecule has 3 aromatic rings. The summed E-state index contributed by atoms with van der Waals surface area (Å²) in [6, 6.07) is 7.67. The standard InChI is InChI=1S/C17H19N5O2/c1-12-9-14(24-20-12)10-16(23)21-7-4-5-13(11-21)17-19-18-15-6-2-3-8-22(15)17/h2-3,6,8-9,13H,4-5,7,10-11H2,1H3. The average molecular weight is 325 g/mol. The number of likely N-dealkylation sites (tertiary alicyclic amines) is 1. The van der Waals surface area contributed by atoms with Gasteiger partial charge in [-0.2, -0.15) is 0 Å². The van der Waals surface area contributed by atoms with Gasteiger partial charge in [0.1, 0.15) is 11.6 Å². The molecule has 1 amide bonds. The third kappa shape index (κ3) is 2.77. The van der Waals surface area contributed by atoms with Crippen LogP contribution in [0.1, 0.15) is 36.0 Å². The van der Waals surface area contributed by atoms with Crippen LogP contribution in [-0.2, 0) is 11.2 Å². The second kappa shape index (κ2) is 6.07. The predicted octanol–water partition coefficient (Wildman–Crippen LogP) is 1.97. The Labute approximate surface area is 139 Å². The average Bonchev–Trinajstić information content (AvgIpc) is 3.21. The van der Waals surface area contributed by atoms with Crippen LogP contribution < -0.4 is 0 Å². The Bertz CT molecular complexity index is 869. The highest BCUT2D eigenvalue weighted by Gasteiger charge is 2.28. The topological polar surface area (TPSA) is 76.5 Å². The maximum Gasteiger partial charge on any atom is 0.230 e. The quantitative estimate of drug-likeness (QED) is 0.736. The van der Waals surface area contributed by atoms with E-state index in [1.165, 1.54) is 0 Å². The zero-order chi connectivity index (χ0) is 16.5. The van der Waals surface area contributed by atoms with E-state index < -0.39 is 0 Å². The second-order valence-corrected chi connectivity index (χ2v) is 6.28. The molecule has 1 fully saturated rings. The molecule has 7 heteroatoms. The first-order valence-corrected chi connectivity index (χ1v) is 8.20. The van der Waals surface area contributed by atoms with Crippen molar-refractivity contribution in [2.75, 3.05) is 13.1 Å². The zero-order valence-electron chi connectivity index (χ0n) is 13.6. The van der Waals surface area contributed by atoms with Gasteiger partial charge in [-0.25, -0.2) is 0 Å². The van der Waals surface area contributed by atoms with Crippen LogP contribution in [0.3, 0.4) is 0 Å². The lowest BCUT2D eigenvalue weighted by Crippen LogP contribution is -2.40. The summed E-state index contributed by atoms with van der Waals surface area (Å²) in [6.45, 7) is 3.30. The second-order valence-electron chi connectivity index (χ2n) is 6.28. The largest absolute Gasteiger partial charge is 0.361 e. The molecule has 1 aliphatic heterocycles. The first-order chi connectivity index (χ1) is 11.7. The van der Waals surface area contributed by atoms with E-state index in [0.717, 1.165) is 36.6 Å². The van der Waals surface area contributed by atoms with Crippen LogP contribution in [0, 0.1) is 6.92 Å². The molecule has 24 heavy (non-hydrogen) atoms. The van der Waals surface area contributed by atoms with E-state index in [2.05, 4.69) is 15.4 Å². The summed E-state index contributed by atoms with van der Waals surface area (Å²) in [5.41, 5.74) is 1.64. The van der Waals surface area contributed by atoms with Crippen molar-refractivity contribution in [1.29, 1.82) is 0 Å². The number of fused-ring (bicyclic) bond motifs is 1. The van der Waals surface area contributed by atoms with Crippen LogP contribution in [0.4, 0.5) is 0 Å². The summed E-state index contributed by atoms with van der Waals surface area (Å²) < 4.78 is 7.17. The fourth-order valence-electron chi connectivity index (χ4n) is 3.31. The van der Waals surface area contributed by atoms with Crippen molar-refractivity contribution in [3.63, 3.8) is 0 Å². The van der Waals surface area contributed by atoms with Crippen LogP contribution >= 0.6 is 0 Å². The third-order valence-corrected chi connectivity index (χ3v) is 4.48. The van der Waals surface area contributed by atoms with E-state index in [1.807, 2.05) is 46.7 Å². The van der Waals surface area contributed by atoms with Crippen LogP contribution in [-0.4, -0.2) is 43.7 Å². The minimum atomic E-state index is 0.0738. The Balaban J connectivity index is 1.50. The van der Waals surface area contributed by atoms with Gasteiger partial charge >= 0.3 is 0 Å². The minimum Gasteiger partial charge on any atom is -0.361 e. The molecule has 1 saturated heterocycles. The van der Waals surface area contributed by atoms with Crippen molar-refractivity contribution in [1.82, 2.24) is 24.7 Å². The zero-order valence-corrected chi connectivity index (χ0v) is 13.6. The molecule has 0 aliphatic carbocycles. The molecule has 4 heterocycles. The van der Waals surface area contributed by atoms with E-state index >= 15 is 0 Å². The van der Waals surface area contributed by atoms with Crippen molar-refractivity contribution >= 4 is 11.6 Å². The van der Waals surface area contributed by atoms with Crippen LogP contribution in [0.2, 0.25) is 0 Å². The molecular weight excluding hydrogens is 306 g/mol. The molecule has 0 saturated carbocycles. The first kappa shape index (κ1) is 14.9. The maximum atomic E-state index is 12.6. The summed E-state index contributed by atoms with van der Waals surface area (Å²) >= 11 is 0. The Hall–Kier alpha value is -2.70. The smallest absolute Gasteiger partial charge is 0.230 e. The number of nitrogens with zero attached hydrogens (tertiary/aromatic N) is 5. The highest BCUT2D eigenvalue weighted by atomic mass is 16.5. The summed E-state index contributed by atoms with van der Waals surface area (Å²) in [6.07, 6.45) is 4.21. The molecular formula is C17H19N5O2. The van der Waals surface area contributed by atoms with E-state index in [0.29, 0.717) is 12.3 Å². The summed E-state index contributed by atoms with van der Waals surface area (Å²) in [5, 5.41) is 12.4. The minimum absolute atomic E-state index is 0.0738. The summed E-state index contributed by atoms with van der Waals surface area (Å²) in [4.78, 5) is 14.4. The Morgan fingerprint density at radius 3 is 3.12 bits per heavy atom. The van der Waals surface area contributed by atoms with Crippen molar-refractivity contribution in [3.8, 4) is 0 Å². The molecule has 0 bridgehead atoms. The Kier molecular flexibility index (Phi) is 3.76. The lowest BCUT2D eigenvalue weighted by atomic mass is 9.97. The van der Waals surface area contributed by atoms with Gasteiger partial charge in [0, 0.05) is 31.3 Å². The Morgan fingerprint density at radius 1 is 1.38 bits per heavy atom. The molecule has 3 aromatic heterocycles. The van der Waals surface area contributed by atoms with E-state index in [4.69, 9.17) is 4.52 Å². The van der Waals surface area contributed by atoms with Gasteiger partial charge in [-0.15, -0.1) is 10.2 Å². The van der Waals surface area contributed by atoms with E-state index in [9.17, 15) is 4.79 Å². The molecule has 0 spiro atoms. The molecule has 0 aromatic carbocycles. The number of carbonyl (C=O) groups excluding carboxylic acids is 1. The van der Waals surface area contributed by atoms with E-state index in [1.54, 1.807) is 0 Å². The number of hydrogen-bond acceptors (Lipinski definition) is 5. The van der Waals surface area contributed by atoms with Gasteiger partial charge in [0.25, 0.3) is 0 Å². The van der Waals surface area contributed by atoms with Crippen molar-refractivity contribution in [3.05, 3.63) is 47.7 Å². The molecule has 1 aliphatic rings. The molecule has 1 atom stereocenters. The van der Waals surface area contributed by atoms with Crippen LogP contribution in [0.25, 0.3) is 5.65 Å². The summed E-state index contributed by atoms with van der Waals surface area (Å²) in [7, 11) is 0. The van der Waals surface area contributed by atoms with E-state index in [-0.39, 0.29) is 18.2 Å². The lowest BCUT2D eigenvalue weighted by Gasteiger charge is -2.31. The van der Waals surface area contributed by atoms with Gasteiger partial charge in [-0.3, -0.25) is 9.20 Å². The number of rotatable bonds is 3. The van der Waals surface area contributed by atoms with Gasteiger partial charge in [-0.05, 0) is 31.9 Å². The summed E-state index contributed by atoms with van der Waals surface area (Å²) in [5.74, 6) is 1.83. The van der Waals surface area contributed by atoms with Gasteiger partial charge in [0.2, 0.25) is 5.91 Å². The SMILES string of the molecule is Cc1cc(CC(=O)N2CCCC(c3nnc4ccccn34)C2)on1. The van der Waals surface area contributed by atoms with Gasteiger partial charge < -0.3 is 9.42 Å². The molecule has 1 unspecified atom stereocenters. The van der Waals surface area contributed by atoms with Gasteiger partial charge in [0.05, 0.1) is 12.1 Å². The molecule has 124 valence electrons. The number of carbonyl (C=O) groups is 1. The third-order valence-electron chi connectivity index (χ3n) is 4.48. The fraction of sp³-hybridized carbons (Fsp3) is 0.412. The van der Waals surface area contributed by atoms with Gasteiger partial charge in [-0.1, -0.05) is 11.2 Å². The predicted molar refractivity (Wildman–Crippen MR) is 86.5 cm³/mol. The number of pyridine rings is 1. The van der Waals surface area contributed by atoms with Crippen molar-refractivity contribution in [2.24, 2.45) is 0 Å². The number of piperidine rings is 1. The normalized spacial score (nSPS) is 18.2. The monoisotopic (exact) mass is 325 g/mol. The number of aryl methyl sites for hydroxylation is 1. The van der Waals surface area contributed by atoms with Crippen LogP contribution in [0.5, 0.6) is 0 Å². The highest BCUT2D eigenvalue weighted by Crippen LogP contribution is 2.26. The molecule has 0 N–H and O–H groups in total. The number of hydrogen-bond donors (Lipinski definition) is 0. The molecule has 0 radical (unpaired) electrons. The first-order valence-electron chi connectivity index (χ1n) is 8.20. The molecule has 4 rings (SSSR count). The lowest BCUT2D eigenvalue weighted by molar-refractivity contribution is -0.132. The fourth-order valence-corrected chi connectivity index (χ4v) is 3.31. The Morgan fingerprint density at radius 2 is 2.29 bits per heavy atom. The number of aromatic nitrogens is 4. The number of amides is 1. The van der Waals surface area contributed by atoms with Crippen LogP contribution in [0.15, 0.2) is 35.0 Å². The highest BCUT2D eigenvalue weighted by molar-refractivity contribution is 5.78. The molecule has 7 nitrogen and oxygen atoms in total. The van der Waals surface area contributed by atoms with Crippen molar-refractivity contribution in [2.45, 2.75) is 32.1 Å².